The van der Waals surface area contributed by atoms with Gasteiger partial charge in [-0.15, -0.1) is 22.9 Å². The molecule has 0 bridgehead atoms. The van der Waals surface area contributed by atoms with Gasteiger partial charge in [-0.1, -0.05) is 0 Å². The number of likely N-dealkylation sites (N-methyl/N-ethyl adjacent to an activating group) is 1. The molecule has 2 heterocycles. The summed E-state index contributed by atoms with van der Waals surface area (Å²) in [5, 5.41) is 0. The number of sulfonamides is 1. The minimum atomic E-state index is -3.38. The number of rotatable bonds is 3. The summed E-state index contributed by atoms with van der Waals surface area (Å²) in [4.78, 5) is 3.08. The van der Waals surface area contributed by atoms with Gasteiger partial charge in [0.05, 0.1) is 5.88 Å². The second-order valence-electron chi connectivity index (χ2n) is 5.43. The highest BCUT2D eigenvalue weighted by Gasteiger charge is 2.37. The summed E-state index contributed by atoms with van der Waals surface area (Å²) in [5.74, 6) is 0.356. The van der Waals surface area contributed by atoms with Crippen molar-refractivity contribution >= 4 is 33.0 Å². The molecule has 0 unspecified atom stereocenters. The van der Waals surface area contributed by atoms with Crippen LogP contribution in [0.2, 0.25) is 0 Å². The van der Waals surface area contributed by atoms with Crippen molar-refractivity contribution in [2.24, 2.45) is 0 Å². The Morgan fingerprint density at radius 1 is 1.37 bits per heavy atom. The van der Waals surface area contributed by atoms with Crippen LogP contribution >= 0.6 is 22.9 Å². The van der Waals surface area contributed by atoms with Crippen LogP contribution in [-0.4, -0.2) is 49.8 Å². The summed E-state index contributed by atoms with van der Waals surface area (Å²) in [7, 11) is -1.35. The van der Waals surface area contributed by atoms with Crippen molar-refractivity contribution < 1.29 is 8.42 Å². The lowest BCUT2D eigenvalue weighted by atomic mass is 10.0. The maximum absolute atomic E-state index is 12.6. The fourth-order valence-electron chi connectivity index (χ4n) is 2.10. The van der Waals surface area contributed by atoms with Crippen LogP contribution in [0.5, 0.6) is 0 Å². The van der Waals surface area contributed by atoms with Crippen molar-refractivity contribution in [2.75, 3.05) is 26.7 Å². The lowest BCUT2D eigenvalue weighted by Gasteiger charge is -2.44. The van der Waals surface area contributed by atoms with Crippen LogP contribution in [0.25, 0.3) is 0 Å². The van der Waals surface area contributed by atoms with E-state index >= 15 is 0 Å². The van der Waals surface area contributed by atoms with Gasteiger partial charge >= 0.3 is 0 Å². The molecule has 4 nitrogen and oxygen atoms in total. The molecular formula is C12H19ClN2O2S2. The Bertz CT molecular complexity index is 554. The van der Waals surface area contributed by atoms with Crippen molar-refractivity contribution in [3.63, 3.8) is 0 Å². The average molecular weight is 323 g/mol. The van der Waals surface area contributed by atoms with E-state index in [1.807, 2.05) is 7.05 Å². The van der Waals surface area contributed by atoms with Gasteiger partial charge in [-0.05, 0) is 33.0 Å². The third-order valence-electron chi connectivity index (χ3n) is 3.64. The number of hydrogen-bond acceptors (Lipinski definition) is 4. The topological polar surface area (TPSA) is 40.6 Å². The molecule has 2 rings (SSSR count). The summed E-state index contributed by atoms with van der Waals surface area (Å²) >= 11 is 7.00. The van der Waals surface area contributed by atoms with Gasteiger partial charge in [-0.25, -0.2) is 8.42 Å². The first-order chi connectivity index (χ1) is 8.77. The highest BCUT2D eigenvalue weighted by molar-refractivity contribution is 7.91. The summed E-state index contributed by atoms with van der Waals surface area (Å²) < 4.78 is 27.1. The number of piperazine rings is 1. The van der Waals surface area contributed by atoms with E-state index in [-0.39, 0.29) is 5.54 Å². The number of thiophene rings is 1. The molecule has 19 heavy (non-hydrogen) atoms. The van der Waals surface area contributed by atoms with Crippen molar-refractivity contribution in [1.82, 2.24) is 9.21 Å². The zero-order valence-corrected chi connectivity index (χ0v) is 13.8. The summed E-state index contributed by atoms with van der Waals surface area (Å²) in [6.45, 7) is 5.93. The van der Waals surface area contributed by atoms with Crippen molar-refractivity contribution in [3.8, 4) is 0 Å². The Morgan fingerprint density at radius 2 is 2.05 bits per heavy atom. The normalized spacial score (nSPS) is 21.7. The first-order valence-corrected chi connectivity index (χ1v) is 8.92. The maximum Gasteiger partial charge on any atom is 0.252 e. The minimum absolute atomic E-state index is 0.141. The van der Waals surface area contributed by atoms with Gasteiger partial charge in [-0.3, -0.25) is 4.90 Å². The second kappa shape index (κ2) is 5.33. The van der Waals surface area contributed by atoms with E-state index in [2.05, 4.69) is 18.7 Å². The highest BCUT2D eigenvalue weighted by atomic mass is 35.5. The van der Waals surface area contributed by atoms with E-state index in [9.17, 15) is 8.42 Å². The molecule has 0 radical (unpaired) electrons. The van der Waals surface area contributed by atoms with Crippen molar-refractivity contribution in [3.05, 3.63) is 17.0 Å². The second-order valence-corrected chi connectivity index (χ2v) is 9.03. The zero-order chi connectivity index (χ0) is 14.3. The number of nitrogens with zero attached hydrogens (tertiary/aromatic N) is 2. The Labute approximate surface area is 124 Å². The molecule has 1 saturated heterocycles. The lowest BCUT2D eigenvalue weighted by Crippen LogP contribution is -2.58. The molecule has 1 aliphatic heterocycles. The van der Waals surface area contributed by atoms with Crippen molar-refractivity contribution in [2.45, 2.75) is 29.5 Å². The van der Waals surface area contributed by atoms with Gasteiger partial charge in [-0.2, -0.15) is 4.31 Å². The molecule has 0 spiro atoms. The molecule has 1 aliphatic rings. The van der Waals surface area contributed by atoms with Gasteiger partial charge in [0.1, 0.15) is 4.21 Å². The van der Waals surface area contributed by atoms with Gasteiger partial charge in [0.2, 0.25) is 0 Å². The van der Waals surface area contributed by atoms with Crippen LogP contribution < -0.4 is 0 Å². The van der Waals surface area contributed by atoms with Crippen LogP contribution in [0, 0.1) is 0 Å². The van der Waals surface area contributed by atoms with E-state index in [0.29, 0.717) is 23.2 Å². The van der Waals surface area contributed by atoms with Crippen LogP contribution in [-0.2, 0) is 15.9 Å². The Kier molecular flexibility index (Phi) is 4.28. The molecule has 1 aromatic heterocycles. The molecule has 7 heteroatoms. The Balaban J connectivity index is 2.25. The van der Waals surface area contributed by atoms with Gasteiger partial charge in [0.15, 0.2) is 0 Å². The Morgan fingerprint density at radius 3 is 2.58 bits per heavy atom. The predicted octanol–water partition coefficient (Wildman–Crippen LogP) is 2.20. The molecule has 1 aromatic rings. The zero-order valence-electron chi connectivity index (χ0n) is 11.4. The fraction of sp³-hybridized carbons (Fsp3) is 0.667. The highest BCUT2D eigenvalue weighted by Crippen LogP contribution is 2.29. The predicted molar refractivity (Wildman–Crippen MR) is 79.3 cm³/mol. The fourth-order valence-corrected chi connectivity index (χ4v) is 5.30. The van der Waals surface area contributed by atoms with Crippen LogP contribution in [0.3, 0.4) is 0 Å². The number of alkyl halides is 1. The number of halogens is 1. The van der Waals surface area contributed by atoms with Crippen LogP contribution in [0.15, 0.2) is 16.3 Å². The first-order valence-electron chi connectivity index (χ1n) is 6.13. The summed E-state index contributed by atoms with van der Waals surface area (Å²) in [5.41, 5.74) is -0.141. The quantitative estimate of drug-likeness (QED) is 0.801. The standard InChI is InChI=1S/C12H19ClN2O2S2/c1-12(2)9-15(7-6-14(12)3)19(16,17)11-5-4-10(8-13)18-11/h4-5H,6-9H2,1-3H3. The van der Waals surface area contributed by atoms with Crippen LogP contribution in [0.1, 0.15) is 18.7 Å². The average Bonchev–Trinajstić information content (AvgIpc) is 2.81. The molecular weight excluding hydrogens is 304 g/mol. The molecule has 0 aromatic carbocycles. The smallest absolute Gasteiger partial charge is 0.252 e. The Hall–Kier alpha value is -0.140. The van der Waals surface area contributed by atoms with E-state index in [0.717, 1.165) is 11.4 Å². The molecule has 0 N–H and O–H groups in total. The molecule has 108 valence electrons. The molecule has 0 amide bonds. The molecule has 0 saturated carbocycles. The summed E-state index contributed by atoms with van der Waals surface area (Å²) in [6, 6.07) is 3.44. The maximum atomic E-state index is 12.6. The first kappa shape index (κ1) is 15.3. The lowest BCUT2D eigenvalue weighted by molar-refractivity contribution is 0.0802. The monoisotopic (exact) mass is 322 g/mol. The third-order valence-corrected chi connectivity index (χ3v) is 7.49. The molecule has 0 aliphatic carbocycles. The van der Waals surface area contributed by atoms with E-state index in [4.69, 9.17) is 11.6 Å². The third kappa shape index (κ3) is 2.97. The van der Waals surface area contributed by atoms with Gasteiger partial charge in [0, 0.05) is 30.1 Å². The van der Waals surface area contributed by atoms with E-state index < -0.39 is 10.0 Å². The van der Waals surface area contributed by atoms with Crippen LogP contribution in [0.4, 0.5) is 0 Å². The van der Waals surface area contributed by atoms with E-state index in [1.165, 1.54) is 11.3 Å². The SMILES string of the molecule is CN1CCN(S(=O)(=O)c2ccc(CCl)s2)CC1(C)C. The van der Waals surface area contributed by atoms with Gasteiger partial charge < -0.3 is 0 Å². The van der Waals surface area contributed by atoms with Crippen molar-refractivity contribution in [1.29, 1.82) is 0 Å². The minimum Gasteiger partial charge on any atom is -0.299 e. The largest absolute Gasteiger partial charge is 0.299 e. The molecule has 1 fully saturated rings. The van der Waals surface area contributed by atoms with E-state index in [1.54, 1.807) is 16.4 Å². The van der Waals surface area contributed by atoms with Gasteiger partial charge in [0.25, 0.3) is 10.0 Å². The summed E-state index contributed by atoms with van der Waals surface area (Å²) in [6.07, 6.45) is 0. The molecule has 0 atom stereocenters. The number of hydrogen-bond donors (Lipinski definition) is 0.